The van der Waals surface area contributed by atoms with Crippen molar-refractivity contribution >= 4 is 17.7 Å². The number of carbonyl (C=O) groups excluding carboxylic acids is 1. The van der Waals surface area contributed by atoms with E-state index in [-0.39, 0.29) is 5.91 Å². The molecule has 1 fully saturated rings. The first-order valence-electron chi connectivity index (χ1n) is 11.0. The van der Waals surface area contributed by atoms with Crippen LogP contribution in [0.2, 0.25) is 0 Å². The molecule has 4 heterocycles. The molecule has 0 saturated carbocycles. The number of aromatic nitrogens is 3. The van der Waals surface area contributed by atoms with E-state index in [2.05, 4.69) is 66.8 Å². The zero-order chi connectivity index (χ0) is 21.8. The van der Waals surface area contributed by atoms with Crippen LogP contribution in [0.1, 0.15) is 35.4 Å². The van der Waals surface area contributed by atoms with Gasteiger partial charge in [-0.2, -0.15) is 5.10 Å². The van der Waals surface area contributed by atoms with E-state index in [1.807, 2.05) is 12.3 Å². The largest absolute Gasteiger partial charge is 0.361 e. The van der Waals surface area contributed by atoms with Gasteiger partial charge >= 0.3 is 0 Å². The molecule has 0 aliphatic carbocycles. The summed E-state index contributed by atoms with van der Waals surface area (Å²) in [4.78, 5) is 26.4. The van der Waals surface area contributed by atoms with Gasteiger partial charge in [0.1, 0.15) is 11.4 Å². The number of hydrogen-bond donors (Lipinski definition) is 2. The third-order valence-electron chi connectivity index (χ3n) is 6.12. The van der Waals surface area contributed by atoms with Crippen molar-refractivity contribution in [3.8, 4) is 0 Å². The van der Waals surface area contributed by atoms with Crippen LogP contribution < -0.4 is 5.43 Å². The van der Waals surface area contributed by atoms with E-state index in [0.29, 0.717) is 17.0 Å². The Hall–Kier alpha value is -3.58. The van der Waals surface area contributed by atoms with E-state index in [4.69, 9.17) is 0 Å². The van der Waals surface area contributed by atoms with Crippen molar-refractivity contribution in [2.45, 2.75) is 25.8 Å². The summed E-state index contributed by atoms with van der Waals surface area (Å²) in [6.45, 7) is 3.14. The summed E-state index contributed by atoms with van der Waals surface area (Å²) in [7, 11) is 0. The molecule has 1 saturated heterocycles. The van der Waals surface area contributed by atoms with Gasteiger partial charge in [-0.3, -0.25) is 19.7 Å². The van der Waals surface area contributed by atoms with Gasteiger partial charge in [0, 0.05) is 30.8 Å². The minimum absolute atomic E-state index is 0.234. The average Bonchev–Trinajstić information content (AvgIpc) is 3.43. The van der Waals surface area contributed by atoms with Crippen LogP contribution in [0.5, 0.6) is 0 Å². The number of hydrogen-bond acceptors (Lipinski definition) is 5. The van der Waals surface area contributed by atoms with E-state index in [0.717, 1.165) is 31.2 Å². The second-order valence-electron chi connectivity index (χ2n) is 8.42. The third-order valence-corrected chi connectivity index (χ3v) is 6.12. The van der Waals surface area contributed by atoms with Crippen LogP contribution in [-0.4, -0.2) is 44.6 Å². The quantitative estimate of drug-likeness (QED) is 0.593. The van der Waals surface area contributed by atoms with Crippen molar-refractivity contribution in [2.75, 3.05) is 13.1 Å². The molecule has 1 aromatic carbocycles. The van der Waals surface area contributed by atoms with Crippen molar-refractivity contribution in [3.63, 3.8) is 0 Å². The maximum absolute atomic E-state index is 12.3. The highest BCUT2D eigenvalue weighted by Gasteiger charge is 2.25. The fourth-order valence-electron chi connectivity index (χ4n) is 4.43. The van der Waals surface area contributed by atoms with Crippen LogP contribution >= 0.6 is 0 Å². The summed E-state index contributed by atoms with van der Waals surface area (Å²) < 4.78 is 0. The lowest BCUT2D eigenvalue weighted by atomic mass is 9.90. The van der Waals surface area contributed by atoms with E-state index >= 15 is 0 Å². The molecule has 7 nitrogen and oxygen atoms in total. The number of amides is 1. The number of likely N-dealkylation sites (tertiary alicyclic amines) is 1. The van der Waals surface area contributed by atoms with Gasteiger partial charge < -0.3 is 4.98 Å². The van der Waals surface area contributed by atoms with Crippen molar-refractivity contribution in [2.24, 2.45) is 11.0 Å². The topological polar surface area (TPSA) is 86.3 Å². The van der Waals surface area contributed by atoms with Gasteiger partial charge in [0.05, 0.1) is 11.8 Å². The first-order valence-corrected chi connectivity index (χ1v) is 11.0. The minimum Gasteiger partial charge on any atom is -0.361 e. The second-order valence-corrected chi connectivity index (χ2v) is 8.42. The van der Waals surface area contributed by atoms with Gasteiger partial charge in [-0.05, 0) is 61.5 Å². The number of piperidine rings is 1. The molecule has 0 unspecified atom stereocenters. The molecule has 5 rings (SSSR count). The minimum atomic E-state index is -0.234. The molecule has 1 amide bonds. The van der Waals surface area contributed by atoms with Crippen LogP contribution in [0.4, 0.5) is 0 Å². The predicted molar refractivity (Wildman–Crippen MR) is 124 cm³/mol. The van der Waals surface area contributed by atoms with Gasteiger partial charge in [0.25, 0.3) is 5.91 Å². The van der Waals surface area contributed by atoms with E-state index in [9.17, 15) is 4.79 Å². The molecule has 32 heavy (non-hydrogen) atoms. The van der Waals surface area contributed by atoms with Crippen LogP contribution in [0.15, 0.2) is 71.9 Å². The Kier molecular flexibility index (Phi) is 5.89. The van der Waals surface area contributed by atoms with E-state index in [1.165, 1.54) is 30.4 Å². The molecule has 0 radical (unpaired) electrons. The van der Waals surface area contributed by atoms with Crippen LogP contribution in [-0.2, 0) is 17.8 Å². The Morgan fingerprint density at radius 1 is 1.09 bits per heavy atom. The first kappa shape index (κ1) is 20.3. The Balaban J connectivity index is 1.19. The number of hydrazone groups is 1. The van der Waals surface area contributed by atoms with Gasteiger partial charge in [0.15, 0.2) is 0 Å². The number of H-pyrrole nitrogens is 1. The van der Waals surface area contributed by atoms with Gasteiger partial charge in [-0.1, -0.05) is 30.3 Å². The first-order chi connectivity index (χ1) is 15.7. The van der Waals surface area contributed by atoms with Gasteiger partial charge in [-0.25, -0.2) is 5.43 Å². The Bertz CT molecular complexity index is 1130. The molecule has 0 atom stereocenters. The summed E-state index contributed by atoms with van der Waals surface area (Å²) in [6.07, 6.45) is 12.3. The summed E-state index contributed by atoms with van der Waals surface area (Å²) >= 11 is 0. The lowest BCUT2D eigenvalue weighted by Gasteiger charge is -2.31. The molecule has 3 aromatic rings. The highest BCUT2D eigenvalue weighted by Crippen LogP contribution is 2.23. The number of aromatic amines is 1. The normalized spacial score (nSPS) is 18.7. The molecule has 0 spiro atoms. The highest BCUT2D eigenvalue weighted by atomic mass is 16.2. The fourth-order valence-corrected chi connectivity index (χ4v) is 4.43. The lowest BCUT2D eigenvalue weighted by Crippen LogP contribution is -2.33. The van der Waals surface area contributed by atoms with Crippen molar-refractivity contribution in [1.82, 2.24) is 25.3 Å². The monoisotopic (exact) mass is 426 g/mol. The SMILES string of the molecule is O=C1NN=C(c2cnccn2)/C1=C\c1cc(CN2CCC(Cc3ccccc3)CC2)c[nH]1. The van der Waals surface area contributed by atoms with Gasteiger partial charge in [-0.15, -0.1) is 0 Å². The molecule has 2 aliphatic rings. The van der Waals surface area contributed by atoms with E-state index in [1.54, 1.807) is 18.6 Å². The fraction of sp³-hybridized carbons (Fsp3) is 0.280. The van der Waals surface area contributed by atoms with E-state index < -0.39 is 0 Å². The number of rotatable bonds is 6. The van der Waals surface area contributed by atoms with Gasteiger partial charge in [0.2, 0.25) is 0 Å². The Morgan fingerprint density at radius 3 is 2.72 bits per heavy atom. The summed E-state index contributed by atoms with van der Waals surface area (Å²) in [5, 5.41) is 4.13. The molecule has 2 aromatic heterocycles. The second kappa shape index (κ2) is 9.28. The van der Waals surface area contributed by atoms with Crippen molar-refractivity contribution in [1.29, 1.82) is 0 Å². The zero-order valence-electron chi connectivity index (χ0n) is 17.9. The van der Waals surface area contributed by atoms with Crippen molar-refractivity contribution < 1.29 is 4.79 Å². The molecule has 0 bridgehead atoms. The molecular weight excluding hydrogens is 400 g/mol. The third kappa shape index (κ3) is 4.68. The molecule has 2 aliphatic heterocycles. The Morgan fingerprint density at radius 2 is 1.94 bits per heavy atom. The smallest absolute Gasteiger partial charge is 0.273 e. The molecule has 7 heteroatoms. The maximum Gasteiger partial charge on any atom is 0.273 e. The predicted octanol–water partition coefficient (Wildman–Crippen LogP) is 3.18. The molecule has 162 valence electrons. The number of carbonyl (C=O) groups is 1. The number of nitrogens with zero attached hydrogens (tertiary/aromatic N) is 4. The molecular formula is C25H26N6O. The maximum atomic E-state index is 12.3. The van der Waals surface area contributed by atoms with Crippen LogP contribution in [0, 0.1) is 5.92 Å². The van der Waals surface area contributed by atoms with Crippen LogP contribution in [0.3, 0.4) is 0 Å². The number of nitrogens with one attached hydrogen (secondary N) is 2. The summed E-state index contributed by atoms with van der Waals surface area (Å²) in [6, 6.07) is 12.9. The highest BCUT2D eigenvalue weighted by molar-refractivity contribution is 6.32. The lowest BCUT2D eigenvalue weighted by molar-refractivity contribution is -0.116. The standard InChI is InChI=1S/C25H26N6O/c32-25-22(24(29-30-25)23-16-26-8-9-27-23)14-21-13-20(15-28-21)17-31-10-6-19(7-11-31)12-18-4-2-1-3-5-18/h1-5,8-9,13-16,19,28H,6-7,10-12,17H2,(H,30,32)/b22-14+. The number of benzene rings is 1. The zero-order valence-corrected chi connectivity index (χ0v) is 17.9. The summed E-state index contributed by atoms with van der Waals surface area (Å²) in [5.41, 5.74) is 7.63. The average molecular weight is 427 g/mol. The van der Waals surface area contributed by atoms with Crippen LogP contribution in [0.25, 0.3) is 6.08 Å². The van der Waals surface area contributed by atoms with Crippen molar-refractivity contribution in [3.05, 3.63) is 89.3 Å². The molecule has 2 N–H and O–H groups in total. The summed E-state index contributed by atoms with van der Waals surface area (Å²) in [5.74, 6) is 0.530. The Labute approximate surface area is 187 Å².